The molecule has 0 saturated carbocycles. The van der Waals surface area contributed by atoms with Crippen molar-refractivity contribution in [2.75, 3.05) is 31.9 Å². The Morgan fingerprint density at radius 3 is 1.08 bits per heavy atom. The fraction of sp³-hybridized carbons (Fsp3) is 0.250. The van der Waals surface area contributed by atoms with Gasteiger partial charge in [-0.3, -0.25) is 15.0 Å². The Kier molecular flexibility index (Phi) is 30.4. The second-order valence-electron chi connectivity index (χ2n) is 32.0. The standard InChI is InChI=1S/C40H45N3.C37H37F2N3.C31H35N3/c1-6-16-30-17-10-13-25-37(30)43-39(31-18-8-7-9-19-31)36-22-12-11-21-35(36)38-26-14-20-32(42-38)27-41-40-33(28(2)3)23-15-24-34(40)29(4)5;1-24(2)31-17-11-18-32(25(3)4)37(31)40-23-29-14-10-19-35(41-29)33-15-8-9-16-34(33)36(26-12-6-5-7-13-26)42-30-21-27(38)20-28(39)22-30;1-5-24-15-10-16-25(6-2)31(24)33-21-27-17-11-19-29(34-27)28-18-8-7-14-26(28)20-32-30-22(3)12-9-13-23(30)4/h7-15,17-26,28-29,39,41,43H,6,16,27H2,1-5H3;5-22,24-25,36,40,42H,23H2,1-4H3;7-19,32-33H,5-6,20-21H2,1-4H3. The number of hydrogen-bond donors (Lipinski definition) is 6. The molecule has 14 aromatic rings. The van der Waals surface area contributed by atoms with Gasteiger partial charge in [0, 0.05) is 63.4 Å². The number of aryl methyl sites for hydroxylation is 5. The van der Waals surface area contributed by atoms with Crippen molar-refractivity contribution in [1.29, 1.82) is 0 Å². The fourth-order valence-electron chi connectivity index (χ4n) is 15.9. The lowest BCUT2D eigenvalue weighted by Crippen LogP contribution is -2.15. The quantitative estimate of drug-likeness (QED) is 0.0253. The van der Waals surface area contributed by atoms with Crippen LogP contribution in [0.4, 0.5) is 42.9 Å². The first-order chi connectivity index (χ1) is 57.9. The predicted octanol–water partition coefficient (Wildman–Crippen LogP) is 28.6. The van der Waals surface area contributed by atoms with Gasteiger partial charge in [0.05, 0.1) is 65.9 Å². The van der Waals surface area contributed by atoms with Crippen LogP contribution in [-0.4, -0.2) is 15.0 Å². The third kappa shape index (κ3) is 22.4. The van der Waals surface area contributed by atoms with E-state index < -0.39 is 11.6 Å². The average molecular weight is 1580 g/mol. The SMILES string of the molecule is CC(C)c1cccc(C(C)C)c1NCc1cccc(-c2ccccc2C(Nc2cc(F)cc(F)c2)c2ccccc2)n1.CCCc1ccccc1NC(c1ccccc1)c1ccccc1-c1cccc(CNc2c(C(C)C)cccc2C(C)C)n1.CCc1cccc(CC)c1NCc1cccc(-c2ccccc2CNc2c(C)cccc2C)n1. The normalized spacial score (nSPS) is 11.7. The van der Waals surface area contributed by atoms with Crippen LogP contribution in [0.1, 0.15) is 213 Å². The zero-order valence-corrected chi connectivity index (χ0v) is 71.6. The predicted molar refractivity (Wildman–Crippen MR) is 499 cm³/mol. The second kappa shape index (κ2) is 42.1. The van der Waals surface area contributed by atoms with Crippen molar-refractivity contribution in [2.24, 2.45) is 0 Å². The van der Waals surface area contributed by atoms with Crippen molar-refractivity contribution >= 4 is 34.1 Å². The van der Waals surface area contributed by atoms with Crippen LogP contribution in [0.5, 0.6) is 0 Å². The molecule has 14 rings (SSSR count). The summed E-state index contributed by atoms with van der Waals surface area (Å²) in [5, 5.41) is 22.1. The maximum atomic E-state index is 14.1. The number of rotatable bonds is 31. The molecule has 3 aromatic heterocycles. The summed E-state index contributed by atoms with van der Waals surface area (Å²) in [7, 11) is 0. The minimum absolute atomic E-state index is 0.0227. The van der Waals surface area contributed by atoms with Gasteiger partial charge < -0.3 is 31.9 Å². The Labute approximate surface area is 706 Å². The van der Waals surface area contributed by atoms with Crippen LogP contribution in [0.25, 0.3) is 33.8 Å². The highest BCUT2D eigenvalue weighted by atomic mass is 19.1. The van der Waals surface area contributed by atoms with Gasteiger partial charge >= 0.3 is 0 Å². The van der Waals surface area contributed by atoms with Crippen LogP contribution in [0.3, 0.4) is 0 Å². The maximum absolute atomic E-state index is 14.1. The van der Waals surface area contributed by atoms with Crippen LogP contribution >= 0.6 is 0 Å². The number of aromatic nitrogens is 3. The van der Waals surface area contributed by atoms with E-state index in [1.165, 1.54) is 113 Å². The summed E-state index contributed by atoms with van der Waals surface area (Å²) in [5.74, 6) is 0.422. The van der Waals surface area contributed by atoms with Crippen molar-refractivity contribution in [3.8, 4) is 33.8 Å². The zero-order valence-electron chi connectivity index (χ0n) is 71.6. The monoisotopic (exact) mass is 1580 g/mol. The third-order valence-electron chi connectivity index (χ3n) is 22.1. The lowest BCUT2D eigenvalue weighted by atomic mass is 9.92. The van der Waals surface area contributed by atoms with E-state index in [1.807, 2.05) is 72.8 Å². The number of hydrogen-bond acceptors (Lipinski definition) is 9. The van der Waals surface area contributed by atoms with E-state index in [2.05, 4.69) is 334 Å². The first-order valence-corrected chi connectivity index (χ1v) is 42.6. The molecule has 119 heavy (non-hydrogen) atoms. The van der Waals surface area contributed by atoms with Crippen molar-refractivity contribution in [3.63, 3.8) is 0 Å². The molecule has 9 nitrogen and oxygen atoms in total. The Morgan fingerprint density at radius 1 is 0.294 bits per heavy atom. The average Bonchev–Trinajstić information content (AvgIpc) is 0.796. The molecule has 0 bridgehead atoms. The number of nitrogens with zero attached hydrogens (tertiary/aromatic N) is 3. The highest BCUT2D eigenvalue weighted by Gasteiger charge is 2.24. The Balaban J connectivity index is 0.000000165. The van der Waals surface area contributed by atoms with E-state index in [0.29, 0.717) is 49.0 Å². The van der Waals surface area contributed by atoms with Crippen LogP contribution in [0.15, 0.2) is 303 Å². The van der Waals surface area contributed by atoms with Gasteiger partial charge in [-0.15, -0.1) is 0 Å². The van der Waals surface area contributed by atoms with E-state index in [1.54, 1.807) is 0 Å². The van der Waals surface area contributed by atoms with Gasteiger partial charge in [-0.1, -0.05) is 325 Å². The van der Waals surface area contributed by atoms with E-state index in [0.717, 1.165) is 94.7 Å². The lowest BCUT2D eigenvalue weighted by Gasteiger charge is -2.25. The molecule has 0 aliphatic rings. The third-order valence-corrected chi connectivity index (χ3v) is 22.1. The van der Waals surface area contributed by atoms with E-state index in [9.17, 15) is 8.78 Å². The van der Waals surface area contributed by atoms with Gasteiger partial charge in [0.2, 0.25) is 0 Å². The molecule has 0 spiro atoms. The number of pyridine rings is 3. The van der Waals surface area contributed by atoms with E-state index in [4.69, 9.17) is 15.0 Å². The summed E-state index contributed by atoms with van der Waals surface area (Å²) in [6.07, 6.45) is 4.19. The number of benzene rings is 11. The largest absolute Gasteiger partial charge is 0.381 e. The summed E-state index contributed by atoms with van der Waals surface area (Å²) in [6.45, 7) is 31.6. The summed E-state index contributed by atoms with van der Waals surface area (Å²) in [5.41, 5.74) is 33.1. The summed E-state index contributed by atoms with van der Waals surface area (Å²) >= 11 is 0. The number of anilines is 6. The van der Waals surface area contributed by atoms with Crippen LogP contribution in [0.2, 0.25) is 0 Å². The molecule has 11 aromatic carbocycles. The van der Waals surface area contributed by atoms with Crippen molar-refractivity contribution in [3.05, 3.63) is 410 Å². The molecule has 0 saturated heterocycles. The summed E-state index contributed by atoms with van der Waals surface area (Å²) in [6, 6.07) is 103. The molecule has 0 aliphatic heterocycles. The van der Waals surface area contributed by atoms with Gasteiger partial charge in [0.1, 0.15) is 11.6 Å². The molecule has 6 N–H and O–H groups in total. The first-order valence-electron chi connectivity index (χ1n) is 42.6. The second-order valence-corrected chi connectivity index (χ2v) is 32.0. The molecular formula is C108H117F2N9. The van der Waals surface area contributed by atoms with Gasteiger partial charge in [-0.25, -0.2) is 8.78 Å². The van der Waals surface area contributed by atoms with E-state index in [-0.39, 0.29) is 12.1 Å². The van der Waals surface area contributed by atoms with Gasteiger partial charge in [-0.2, -0.15) is 0 Å². The molecule has 608 valence electrons. The fourth-order valence-corrected chi connectivity index (χ4v) is 15.9. The molecule has 2 atom stereocenters. The topological polar surface area (TPSA) is 111 Å². The van der Waals surface area contributed by atoms with Crippen molar-refractivity contribution in [1.82, 2.24) is 15.0 Å². The number of para-hydroxylation sites is 5. The number of halogens is 2. The Morgan fingerprint density at radius 2 is 0.639 bits per heavy atom. The molecule has 0 aliphatic carbocycles. The molecule has 0 amide bonds. The van der Waals surface area contributed by atoms with Crippen LogP contribution in [-0.2, 0) is 45.4 Å². The zero-order chi connectivity index (χ0) is 83.7. The lowest BCUT2D eigenvalue weighted by molar-refractivity contribution is 0.583. The van der Waals surface area contributed by atoms with Gasteiger partial charge in [-0.05, 0) is 189 Å². The highest BCUT2D eigenvalue weighted by Crippen LogP contribution is 2.40. The molecule has 2 unspecified atom stereocenters. The van der Waals surface area contributed by atoms with E-state index >= 15 is 0 Å². The van der Waals surface area contributed by atoms with Gasteiger partial charge in [0.15, 0.2) is 0 Å². The van der Waals surface area contributed by atoms with Crippen molar-refractivity contribution in [2.45, 2.75) is 178 Å². The Bertz CT molecular complexity index is 5500. The molecule has 0 radical (unpaired) electrons. The van der Waals surface area contributed by atoms with Crippen LogP contribution in [0, 0.1) is 25.5 Å². The smallest absolute Gasteiger partial charge is 0.128 e. The molecule has 11 heteroatoms. The van der Waals surface area contributed by atoms with Crippen LogP contribution < -0.4 is 31.9 Å². The summed E-state index contributed by atoms with van der Waals surface area (Å²) < 4.78 is 28.2. The first kappa shape index (κ1) is 85.9. The van der Waals surface area contributed by atoms with Gasteiger partial charge in [0.25, 0.3) is 0 Å². The van der Waals surface area contributed by atoms with Crippen molar-refractivity contribution < 1.29 is 8.78 Å². The number of nitrogens with one attached hydrogen (secondary N) is 6. The summed E-state index contributed by atoms with van der Waals surface area (Å²) in [4.78, 5) is 15.3. The minimum atomic E-state index is -0.626. The molecule has 0 fully saturated rings. The molecular weight excluding hydrogens is 1460 g/mol. The highest BCUT2D eigenvalue weighted by molar-refractivity contribution is 5.72. The molecule has 3 heterocycles. The minimum Gasteiger partial charge on any atom is -0.381 e. The Hall–Kier alpha value is -12.5. The maximum Gasteiger partial charge on any atom is 0.128 e.